The second kappa shape index (κ2) is 17.8. The van der Waals surface area contributed by atoms with Gasteiger partial charge in [-0.1, -0.05) is 0 Å². The van der Waals surface area contributed by atoms with Gasteiger partial charge in [-0.3, -0.25) is 0 Å². The van der Waals surface area contributed by atoms with Crippen molar-refractivity contribution in [1.29, 1.82) is 0 Å². The zero-order chi connectivity index (χ0) is 14.0. The van der Waals surface area contributed by atoms with Crippen molar-refractivity contribution in [2.75, 3.05) is 80.2 Å². The van der Waals surface area contributed by atoms with Gasteiger partial charge in [0.1, 0.15) is 0 Å². The van der Waals surface area contributed by atoms with Gasteiger partial charge < -0.3 is 29.0 Å². The number of nitrogens with one attached hydrogen (secondary N) is 1. The zero-order valence-corrected chi connectivity index (χ0v) is 12.3. The average Bonchev–Trinajstić information content (AvgIpc) is 2.43. The van der Waals surface area contributed by atoms with Crippen LogP contribution in [0.3, 0.4) is 0 Å². The first-order valence-electron chi connectivity index (χ1n) is 6.86. The first-order valence-corrected chi connectivity index (χ1v) is 6.86. The van der Waals surface area contributed by atoms with Crippen LogP contribution in [0, 0.1) is 0 Å². The Hall–Kier alpha value is -0.240. The van der Waals surface area contributed by atoms with E-state index >= 15 is 0 Å². The minimum absolute atomic E-state index is 0.595. The van der Waals surface area contributed by atoms with Crippen LogP contribution in [0.15, 0.2) is 0 Å². The molecule has 1 N–H and O–H groups in total. The first kappa shape index (κ1) is 18.8. The van der Waals surface area contributed by atoms with Crippen molar-refractivity contribution < 1.29 is 23.7 Å². The van der Waals surface area contributed by atoms with Crippen molar-refractivity contribution in [2.24, 2.45) is 0 Å². The van der Waals surface area contributed by atoms with E-state index in [-0.39, 0.29) is 0 Å². The number of rotatable bonds is 16. The fourth-order valence-corrected chi connectivity index (χ4v) is 1.24. The summed E-state index contributed by atoms with van der Waals surface area (Å²) in [5, 5.41) is 3.01. The fourth-order valence-electron chi connectivity index (χ4n) is 1.24. The van der Waals surface area contributed by atoms with Crippen molar-refractivity contribution in [3.8, 4) is 0 Å². The van der Waals surface area contributed by atoms with Gasteiger partial charge in [-0.2, -0.15) is 0 Å². The average molecular weight is 279 g/mol. The molecule has 0 radical (unpaired) electrons. The summed E-state index contributed by atoms with van der Waals surface area (Å²) in [5.74, 6) is 0. The van der Waals surface area contributed by atoms with Crippen LogP contribution < -0.4 is 5.32 Å². The highest BCUT2D eigenvalue weighted by Gasteiger charge is 1.92. The molecule has 0 aromatic heterocycles. The van der Waals surface area contributed by atoms with Crippen molar-refractivity contribution >= 4 is 0 Å². The molecule has 0 saturated heterocycles. The zero-order valence-electron chi connectivity index (χ0n) is 12.3. The predicted molar refractivity (Wildman–Crippen MR) is 73.7 cm³/mol. The number of ether oxygens (including phenoxy) is 5. The summed E-state index contributed by atoms with van der Waals surface area (Å²) in [6.45, 7) is 6.71. The molecule has 0 amide bonds. The topological polar surface area (TPSA) is 58.2 Å². The maximum Gasteiger partial charge on any atom is 0.0701 e. The molecular formula is C13H29NO5. The van der Waals surface area contributed by atoms with E-state index in [1.165, 1.54) is 0 Å². The Bertz CT molecular complexity index is 144. The number of methoxy groups -OCH3 is 1. The lowest BCUT2D eigenvalue weighted by atomic mass is 10.5. The third kappa shape index (κ3) is 17.8. The Labute approximate surface area is 116 Å². The van der Waals surface area contributed by atoms with Gasteiger partial charge in [0.15, 0.2) is 0 Å². The molecule has 0 bridgehead atoms. The van der Waals surface area contributed by atoms with E-state index in [0.717, 1.165) is 32.8 Å². The van der Waals surface area contributed by atoms with E-state index in [9.17, 15) is 0 Å². The molecular weight excluding hydrogens is 250 g/mol. The van der Waals surface area contributed by atoms with E-state index in [4.69, 9.17) is 23.7 Å². The monoisotopic (exact) mass is 279 g/mol. The molecule has 0 unspecified atom stereocenters. The van der Waals surface area contributed by atoms with E-state index < -0.39 is 0 Å². The van der Waals surface area contributed by atoms with Crippen LogP contribution in [0.2, 0.25) is 0 Å². The predicted octanol–water partition coefficient (Wildman–Crippen LogP) is 0.309. The summed E-state index contributed by atoms with van der Waals surface area (Å²) in [5.41, 5.74) is 0. The molecule has 19 heavy (non-hydrogen) atoms. The lowest BCUT2D eigenvalue weighted by Crippen LogP contribution is -2.17. The normalized spacial score (nSPS) is 11.1. The maximum absolute atomic E-state index is 5.35. The standard InChI is InChI=1S/C13H29NO5/c1-14-4-7-17-9-11-19-13-12-18-10-8-16-6-3-5-15-2/h14H,3-13H2,1-2H3. The van der Waals surface area contributed by atoms with Gasteiger partial charge in [-0.15, -0.1) is 0 Å². The van der Waals surface area contributed by atoms with Crippen molar-refractivity contribution in [1.82, 2.24) is 5.32 Å². The summed E-state index contributed by atoms with van der Waals surface area (Å²) in [4.78, 5) is 0. The molecule has 0 aromatic carbocycles. The first-order chi connectivity index (χ1) is 9.41. The number of hydrogen-bond donors (Lipinski definition) is 1. The molecule has 0 rings (SSSR count). The molecule has 0 aliphatic rings. The number of hydrogen-bond acceptors (Lipinski definition) is 6. The molecule has 0 saturated carbocycles. The second-order valence-corrected chi connectivity index (χ2v) is 3.90. The molecule has 0 heterocycles. The molecule has 6 heteroatoms. The van der Waals surface area contributed by atoms with Crippen molar-refractivity contribution in [2.45, 2.75) is 6.42 Å². The Morgan fingerprint density at radius 1 is 0.632 bits per heavy atom. The molecule has 0 aliphatic carbocycles. The highest BCUT2D eigenvalue weighted by Crippen LogP contribution is 1.85. The SMILES string of the molecule is CNCCOCCOCCOCCOCCCOC. The van der Waals surface area contributed by atoms with Gasteiger partial charge in [0, 0.05) is 26.9 Å². The van der Waals surface area contributed by atoms with Gasteiger partial charge in [-0.25, -0.2) is 0 Å². The van der Waals surface area contributed by atoms with Gasteiger partial charge in [0.25, 0.3) is 0 Å². The maximum atomic E-state index is 5.35. The quantitative estimate of drug-likeness (QED) is 0.410. The molecule has 0 spiro atoms. The smallest absolute Gasteiger partial charge is 0.0701 e. The molecule has 6 nitrogen and oxygen atoms in total. The van der Waals surface area contributed by atoms with E-state index in [1.54, 1.807) is 7.11 Å². The van der Waals surface area contributed by atoms with E-state index in [2.05, 4.69) is 5.32 Å². The van der Waals surface area contributed by atoms with Crippen molar-refractivity contribution in [3.63, 3.8) is 0 Å². The lowest BCUT2D eigenvalue weighted by Gasteiger charge is -2.07. The van der Waals surface area contributed by atoms with Crippen LogP contribution >= 0.6 is 0 Å². The molecule has 116 valence electrons. The second-order valence-electron chi connectivity index (χ2n) is 3.90. The van der Waals surface area contributed by atoms with Crippen LogP contribution in [0.25, 0.3) is 0 Å². The third-order valence-corrected chi connectivity index (χ3v) is 2.25. The molecule has 0 aliphatic heterocycles. The van der Waals surface area contributed by atoms with Gasteiger partial charge in [0.2, 0.25) is 0 Å². The van der Waals surface area contributed by atoms with Crippen LogP contribution in [0.1, 0.15) is 6.42 Å². The van der Waals surface area contributed by atoms with Crippen LogP contribution in [0.5, 0.6) is 0 Å². The van der Waals surface area contributed by atoms with E-state index in [1.807, 2.05) is 7.05 Å². The summed E-state index contributed by atoms with van der Waals surface area (Å²) >= 11 is 0. The Morgan fingerprint density at radius 2 is 1.11 bits per heavy atom. The van der Waals surface area contributed by atoms with Crippen LogP contribution in [-0.2, 0) is 23.7 Å². The summed E-state index contributed by atoms with van der Waals surface area (Å²) in [6, 6.07) is 0. The van der Waals surface area contributed by atoms with Gasteiger partial charge in [-0.05, 0) is 13.5 Å². The van der Waals surface area contributed by atoms with Crippen molar-refractivity contribution in [3.05, 3.63) is 0 Å². The summed E-state index contributed by atoms with van der Waals surface area (Å²) < 4.78 is 26.3. The number of likely N-dealkylation sites (N-methyl/N-ethyl adjacent to an activating group) is 1. The van der Waals surface area contributed by atoms with Crippen LogP contribution in [0.4, 0.5) is 0 Å². The van der Waals surface area contributed by atoms with E-state index in [0.29, 0.717) is 39.6 Å². The Kier molecular flexibility index (Phi) is 17.5. The summed E-state index contributed by atoms with van der Waals surface area (Å²) in [7, 11) is 3.59. The van der Waals surface area contributed by atoms with Gasteiger partial charge >= 0.3 is 0 Å². The Morgan fingerprint density at radius 3 is 1.58 bits per heavy atom. The summed E-state index contributed by atoms with van der Waals surface area (Å²) in [6.07, 6.45) is 0.924. The third-order valence-electron chi connectivity index (χ3n) is 2.25. The largest absolute Gasteiger partial charge is 0.385 e. The fraction of sp³-hybridized carbons (Fsp3) is 1.00. The minimum Gasteiger partial charge on any atom is -0.385 e. The molecule has 0 fully saturated rings. The van der Waals surface area contributed by atoms with Gasteiger partial charge in [0.05, 0.1) is 46.2 Å². The highest BCUT2D eigenvalue weighted by molar-refractivity contribution is 4.38. The Balaban J connectivity index is 2.88. The molecule has 0 aromatic rings. The van der Waals surface area contributed by atoms with Crippen LogP contribution in [-0.4, -0.2) is 80.2 Å². The highest BCUT2D eigenvalue weighted by atomic mass is 16.6. The molecule has 0 atom stereocenters. The lowest BCUT2D eigenvalue weighted by molar-refractivity contribution is -0.00302. The minimum atomic E-state index is 0.595.